The fourth-order valence-electron chi connectivity index (χ4n) is 4.04. The number of rotatable bonds is 8. The van der Waals surface area contributed by atoms with Crippen molar-refractivity contribution in [2.24, 2.45) is 0 Å². The van der Waals surface area contributed by atoms with Gasteiger partial charge in [-0.1, -0.05) is 42.5 Å². The first kappa shape index (κ1) is 21.6. The third-order valence-corrected chi connectivity index (χ3v) is 6.30. The number of carbonyl (C=O) groups is 1. The highest BCUT2D eigenvalue weighted by Gasteiger charge is 2.31. The molecule has 31 heavy (non-hydrogen) atoms. The molecule has 5 nitrogen and oxygen atoms in total. The number of nitrogens with zero attached hydrogens (tertiary/aromatic N) is 2. The van der Waals surface area contributed by atoms with Gasteiger partial charge in [-0.15, -0.1) is 0 Å². The molecule has 1 amide bonds. The zero-order valence-electron chi connectivity index (χ0n) is 17.9. The average Bonchev–Trinajstić information content (AvgIpc) is 3.30. The Hall–Kier alpha value is -2.67. The van der Waals surface area contributed by atoms with Crippen molar-refractivity contribution < 1.29 is 9.53 Å². The fourth-order valence-corrected chi connectivity index (χ4v) is 4.70. The molecule has 0 saturated carbocycles. The minimum Gasteiger partial charge on any atom is -0.492 e. The lowest BCUT2D eigenvalue weighted by Crippen LogP contribution is -2.49. The van der Waals surface area contributed by atoms with Crippen molar-refractivity contribution in [1.82, 2.24) is 9.80 Å². The van der Waals surface area contributed by atoms with E-state index in [1.54, 1.807) is 11.3 Å². The van der Waals surface area contributed by atoms with Crippen molar-refractivity contribution in [1.29, 1.82) is 0 Å². The number of anilines is 1. The van der Waals surface area contributed by atoms with E-state index in [1.807, 2.05) is 61.5 Å². The molecule has 162 valence electrons. The number of nitrogens with one attached hydrogen (secondary N) is 1. The van der Waals surface area contributed by atoms with Crippen LogP contribution in [0.1, 0.15) is 24.1 Å². The van der Waals surface area contributed by atoms with E-state index in [0.717, 1.165) is 38.3 Å². The van der Waals surface area contributed by atoms with E-state index in [2.05, 4.69) is 31.9 Å². The third-order valence-electron chi connectivity index (χ3n) is 5.57. The Morgan fingerprint density at radius 3 is 2.48 bits per heavy atom. The zero-order chi connectivity index (χ0) is 21.5. The largest absolute Gasteiger partial charge is 0.492 e. The lowest BCUT2D eigenvalue weighted by atomic mass is 10.0. The molecule has 1 N–H and O–H groups in total. The first-order valence-corrected chi connectivity index (χ1v) is 11.7. The smallest absolute Gasteiger partial charge is 0.246 e. The number of thiophene rings is 1. The van der Waals surface area contributed by atoms with E-state index >= 15 is 0 Å². The molecular weight excluding hydrogens is 406 g/mol. The van der Waals surface area contributed by atoms with Gasteiger partial charge < -0.3 is 10.1 Å². The molecule has 1 fully saturated rings. The van der Waals surface area contributed by atoms with Gasteiger partial charge in [0.25, 0.3) is 0 Å². The summed E-state index contributed by atoms with van der Waals surface area (Å²) in [5.74, 6) is 0.676. The number of hydrogen-bond donors (Lipinski definition) is 1. The van der Waals surface area contributed by atoms with Crippen LogP contribution in [-0.4, -0.2) is 48.5 Å². The molecule has 0 bridgehead atoms. The van der Waals surface area contributed by atoms with E-state index in [-0.39, 0.29) is 11.9 Å². The van der Waals surface area contributed by atoms with Gasteiger partial charge in [-0.2, -0.15) is 11.3 Å². The first-order chi connectivity index (χ1) is 15.2. The van der Waals surface area contributed by atoms with E-state index in [1.165, 1.54) is 5.56 Å². The molecule has 1 saturated heterocycles. The van der Waals surface area contributed by atoms with Crippen LogP contribution in [0.5, 0.6) is 5.75 Å². The topological polar surface area (TPSA) is 44.8 Å². The minimum absolute atomic E-state index is 0.0235. The van der Waals surface area contributed by atoms with Crippen LogP contribution in [0.3, 0.4) is 0 Å². The quantitative estimate of drug-likeness (QED) is 0.560. The summed E-state index contributed by atoms with van der Waals surface area (Å²) in [5, 5.41) is 7.46. The predicted octanol–water partition coefficient (Wildman–Crippen LogP) is 4.64. The van der Waals surface area contributed by atoms with E-state index in [9.17, 15) is 4.79 Å². The standard InChI is InChI=1S/C25H29N3O2S/c1-2-30-23-11-7-6-10-22(23)26-25(29)24(21-8-4-3-5-9-21)28-15-13-27(14-16-28)18-20-12-17-31-19-20/h3-12,17,19,24H,2,13-16,18H2,1H3,(H,26,29)/t24-/m0/s1. The van der Waals surface area contributed by atoms with Crippen molar-refractivity contribution in [3.8, 4) is 5.75 Å². The lowest BCUT2D eigenvalue weighted by molar-refractivity contribution is -0.122. The molecule has 4 rings (SSSR count). The summed E-state index contributed by atoms with van der Waals surface area (Å²) in [6, 6.07) is 19.5. The molecule has 0 unspecified atom stereocenters. The highest BCUT2D eigenvalue weighted by atomic mass is 32.1. The molecule has 2 heterocycles. The van der Waals surface area contributed by atoms with Crippen LogP contribution < -0.4 is 10.1 Å². The van der Waals surface area contributed by atoms with Crippen LogP contribution in [0, 0.1) is 0 Å². The van der Waals surface area contributed by atoms with Gasteiger partial charge in [0.2, 0.25) is 5.91 Å². The molecule has 1 aliphatic rings. The number of carbonyl (C=O) groups excluding carboxylic acids is 1. The van der Waals surface area contributed by atoms with Crippen LogP contribution in [0.25, 0.3) is 0 Å². The summed E-state index contributed by atoms with van der Waals surface area (Å²) >= 11 is 1.74. The van der Waals surface area contributed by atoms with Crippen LogP contribution in [-0.2, 0) is 11.3 Å². The zero-order valence-corrected chi connectivity index (χ0v) is 18.7. The lowest BCUT2D eigenvalue weighted by Gasteiger charge is -2.38. The maximum Gasteiger partial charge on any atom is 0.246 e. The first-order valence-electron chi connectivity index (χ1n) is 10.8. The van der Waals surface area contributed by atoms with E-state index < -0.39 is 0 Å². The van der Waals surface area contributed by atoms with Crippen molar-refractivity contribution in [3.05, 3.63) is 82.6 Å². The SMILES string of the molecule is CCOc1ccccc1NC(=O)[C@H](c1ccccc1)N1CCN(Cc2ccsc2)CC1. The molecule has 6 heteroatoms. The molecule has 1 aromatic heterocycles. The molecule has 2 aromatic carbocycles. The Morgan fingerprint density at radius 2 is 1.77 bits per heavy atom. The summed E-state index contributed by atoms with van der Waals surface area (Å²) in [5.41, 5.74) is 3.09. The van der Waals surface area contributed by atoms with Gasteiger partial charge in [0.1, 0.15) is 11.8 Å². The number of hydrogen-bond acceptors (Lipinski definition) is 5. The van der Waals surface area contributed by atoms with Crippen molar-refractivity contribution in [2.75, 3.05) is 38.1 Å². The summed E-state index contributed by atoms with van der Waals surface area (Å²) in [6.07, 6.45) is 0. The van der Waals surface area contributed by atoms with Crippen LogP contribution >= 0.6 is 11.3 Å². The highest BCUT2D eigenvalue weighted by Crippen LogP contribution is 2.28. The van der Waals surface area contributed by atoms with Gasteiger partial charge in [-0.25, -0.2) is 0 Å². The van der Waals surface area contributed by atoms with Gasteiger partial charge in [0, 0.05) is 32.7 Å². The van der Waals surface area contributed by atoms with Crippen LogP contribution in [0.15, 0.2) is 71.4 Å². The van der Waals surface area contributed by atoms with Gasteiger partial charge in [0.05, 0.1) is 12.3 Å². The average molecular weight is 436 g/mol. The second-order valence-electron chi connectivity index (χ2n) is 7.68. The second-order valence-corrected chi connectivity index (χ2v) is 8.46. The summed E-state index contributed by atoms with van der Waals surface area (Å²) < 4.78 is 5.70. The Morgan fingerprint density at radius 1 is 1.03 bits per heavy atom. The highest BCUT2D eigenvalue weighted by molar-refractivity contribution is 7.07. The second kappa shape index (κ2) is 10.6. The van der Waals surface area contributed by atoms with Crippen molar-refractivity contribution in [3.63, 3.8) is 0 Å². The molecule has 1 aliphatic heterocycles. The Bertz CT molecular complexity index is 954. The number of amides is 1. The Kier molecular flexibility index (Phi) is 7.35. The van der Waals surface area contributed by atoms with Crippen LogP contribution in [0.4, 0.5) is 5.69 Å². The van der Waals surface area contributed by atoms with Gasteiger partial charge >= 0.3 is 0 Å². The third kappa shape index (κ3) is 5.53. The maximum absolute atomic E-state index is 13.5. The fraction of sp³-hybridized carbons (Fsp3) is 0.320. The Balaban J connectivity index is 1.48. The van der Waals surface area contributed by atoms with E-state index in [4.69, 9.17) is 4.74 Å². The molecule has 1 atom stereocenters. The van der Waals surface area contributed by atoms with Gasteiger partial charge in [0.15, 0.2) is 0 Å². The maximum atomic E-state index is 13.5. The summed E-state index contributed by atoms with van der Waals surface area (Å²) in [7, 11) is 0. The predicted molar refractivity (Wildman–Crippen MR) is 127 cm³/mol. The van der Waals surface area contributed by atoms with Gasteiger partial charge in [-0.3, -0.25) is 14.6 Å². The number of para-hydroxylation sites is 2. The summed E-state index contributed by atoms with van der Waals surface area (Å²) in [4.78, 5) is 18.2. The number of piperazine rings is 1. The van der Waals surface area contributed by atoms with Gasteiger partial charge in [-0.05, 0) is 47.0 Å². The molecule has 0 aliphatic carbocycles. The normalized spacial score (nSPS) is 16.0. The summed E-state index contributed by atoms with van der Waals surface area (Å²) in [6.45, 7) is 7.07. The Labute approximate surface area is 188 Å². The molecular formula is C25H29N3O2S. The molecule has 3 aromatic rings. The number of benzene rings is 2. The number of ether oxygens (including phenoxy) is 1. The van der Waals surface area contributed by atoms with Crippen molar-refractivity contribution in [2.45, 2.75) is 19.5 Å². The van der Waals surface area contributed by atoms with Crippen molar-refractivity contribution >= 4 is 22.9 Å². The molecule has 0 spiro atoms. The minimum atomic E-state index is -0.334. The monoisotopic (exact) mass is 435 g/mol. The van der Waals surface area contributed by atoms with Crippen LogP contribution in [0.2, 0.25) is 0 Å². The molecule has 0 radical (unpaired) electrons. The van der Waals surface area contributed by atoms with E-state index in [0.29, 0.717) is 18.0 Å².